The standard InChI is InChI=1S/C21H33N7O3Si/c1-21(2,3)31-20(29)26-25-18-12-22-19-16(24-18)10-17(15-11-23-27(4)13-15)28(19)14-30-8-9-32(5,6)7/h10-13H,8-9,14H2,1-7H3,(H,24,25)(H,26,29). The number of carbonyl (C=O) groups excluding carboxylic acids is 1. The number of ether oxygens (including phenoxy) is 2. The lowest BCUT2D eigenvalue weighted by Gasteiger charge is -2.19. The van der Waals surface area contributed by atoms with E-state index >= 15 is 0 Å². The van der Waals surface area contributed by atoms with Crippen molar-refractivity contribution in [3.8, 4) is 11.3 Å². The van der Waals surface area contributed by atoms with E-state index in [1.165, 1.54) is 0 Å². The molecule has 0 atom stereocenters. The maximum absolute atomic E-state index is 11.9. The summed E-state index contributed by atoms with van der Waals surface area (Å²) in [7, 11) is 0.700. The average Bonchev–Trinajstić information content (AvgIpc) is 3.24. The molecule has 32 heavy (non-hydrogen) atoms. The number of hydrogen-bond donors (Lipinski definition) is 2. The zero-order chi connectivity index (χ0) is 23.5. The molecule has 11 heteroatoms. The molecule has 3 rings (SSSR count). The minimum atomic E-state index is -1.18. The zero-order valence-electron chi connectivity index (χ0n) is 19.9. The first kappa shape index (κ1) is 23.7. The van der Waals surface area contributed by atoms with E-state index in [1.807, 2.05) is 23.9 Å². The molecular weight excluding hydrogens is 426 g/mol. The number of anilines is 1. The van der Waals surface area contributed by atoms with Crippen molar-refractivity contribution >= 4 is 31.1 Å². The summed E-state index contributed by atoms with van der Waals surface area (Å²) in [5.41, 5.74) is 7.87. The maximum atomic E-state index is 11.9. The van der Waals surface area contributed by atoms with Gasteiger partial charge < -0.3 is 9.47 Å². The number of hydrogen-bond acceptors (Lipinski definition) is 7. The topological polar surface area (TPSA) is 108 Å². The van der Waals surface area contributed by atoms with Gasteiger partial charge in [0.25, 0.3) is 0 Å². The third-order valence-corrected chi connectivity index (χ3v) is 6.21. The van der Waals surface area contributed by atoms with Gasteiger partial charge in [0, 0.05) is 33.5 Å². The van der Waals surface area contributed by atoms with Gasteiger partial charge in [-0.1, -0.05) is 19.6 Å². The first-order chi connectivity index (χ1) is 14.9. The number of nitrogens with zero attached hydrogens (tertiary/aromatic N) is 5. The van der Waals surface area contributed by atoms with Crippen molar-refractivity contribution in [3.63, 3.8) is 0 Å². The molecule has 0 saturated carbocycles. The van der Waals surface area contributed by atoms with Gasteiger partial charge in [0.15, 0.2) is 11.5 Å². The Kier molecular flexibility index (Phi) is 6.89. The van der Waals surface area contributed by atoms with Crippen molar-refractivity contribution in [1.82, 2.24) is 29.7 Å². The summed E-state index contributed by atoms with van der Waals surface area (Å²) in [5, 5.41) is 4.28. The molecule has 3 aromatic rings. The van der Waals surface area contributed by atoms with Crippen molar-refractivity contribution in [2.45, 2.75) is 58.8 Å². The van der Waals surface area contributed by atoms with Gasteiger partial charge in [-0.3, -0.25) is 14.7 Å². The second kappa shape index (κ2) is 9.29. The highest BCUT2D eigenvalue weighted by molar-refractivity contribution is 6.76. The summed E-state index contributed by atoms with van der Waals surface area (Å²) >= 11 is 0. The van der Waals surface area contributed by atoms with Crippen LogP contribution in [0.1, 0.15) is 20.8 Å². The van der Waals surface area contributed by atoms with Crippen molar-refractivity contribution < 1.29 is 14.3 Å². The molecule has 0 aliphatic carbocycles. The third kappa shape index (κ3) is 6.54. The predicted molar refractivity (Wildman–Crippen MR) is 127 cm³/mol. The molecule has 0 aliphatic rings. The Labute approximate surface area is 189 Å². The Morgan fingerprint density at radius 1 is 1.22 bits per heavy atom. The van der Waals surface area contributed by atoms with Crippen LogP contribution in [0.5, 0.6) is 0 Å². The quantitative estimate of drug-likeness (QED) is 0.298. The van der Waals surface area contributed by atoms with E-state index in [4.69, 9.17) is 9.47 Å². The van der Waals surface area contributed by atoms with Crippen molar-refractivity contribution in [2.24, 2.45) is 7.05 Å². The van der Waals surface area contributed by atoms with Gasteiger partial charge >= 0.3 is 6.09 Å². The fourth-order valence-electron chi connectivity index (χ4n) is 2.96. The Bertz CT molecular complexity index is 1080. The molecule has 3 heterocycles. The van der Waals surface area contributed by atoms with E-state index in [0.29, 0.717) is 30.3 Å². The van der Waals surface area contributed by atoms with Gasteiger partial charge in [-0.2, -0.15) is 5.10 Å². The highest BCUT2D eigenvalue weighted by atomic mass is 28.3. The molecule has 2 N–H and O–H groups in total. The van der Waals surface area contributed by atoms with Crippen LogP contribution in [0.2, 0.25) is 25.7 Å². The minimum Gasteiger partial charge on any atom is -0.443 e. The van der Waals surface area contributed by atoms with E-state index in [9.17, 15) is 4.79 Å². The molecule has 0 saturated heterocycles. The lowest BCUT2D eigenvalue weighted by atomic mass is 10.2. The van der Waals surface area contributed by atoms with Gasteiger partial charge in [-0.25, -0.2) is 20.2 Å². The predicted octanol–water partition coefficient (Wildman–Crippen LogP) is 4.00. The maximum Gasteiger partial charge on any atom is 0.426 e. The number of carbonyl (C=O) groups is 1. The first-order valence-electron chi connectivity index (χ1n) is 10.6. The Morgan fingerprint density at radius 2 is 1.97 bits per heavy atom. The summed E-state index contributed by atoms with van der Waals surface area (Å²) in [5.74, 6) is 0.401. The van der Waals surface area contributed by atoms with E-state index in [0.717, 1.165) is 17.3 Å². The number of rotatable bonds is 8. The van der Waals surface area contributed by atoms with Crippen LogP contribution in [-0.4, -0.2) is 50.7 Å². The van der Waals surface area contributed by atoms with Crippen molar-refractivity contribution in [2.75, 3.05) is 12.0 Å². The van der Waals surface area contributed by atoms with Crippen molar-refractivity contribution in [1.29, 1.82) is 0 Å². The van der Waals surface area contributed by atoms with Crippen LogP contribution in [-0.2, 0) is 23.3 Å². The fraction of sp³-hybridized carbons (Fsp3) is 0.524. The highest BCUT2D eigenvalue weighted by Gasteiger charge is 2.18. The zero-order valence-corrected chi connectivity index (χ0v) is 20.9. The van der Waals surface area contributed by atoms with Gasteiger partial charge in [0.1, 0.15) is 17.8 Å². The smallest absolute Gasteiger partial charge is 0.426 e. The third-order valence-electron chi connectivity index (χ3n) is 4.51. The molecular formula is C21H33N7O3Si. The lowest BCUT2D eigenvalue weighted by Crippen LogP contribution is -2.36. The van der Waals surface area contributed by atoms with Crippen LogP contribution in [0.15, 0.2) is 24.7 Å². The summed E-state index contributed by atoms with van der Waals surface area (Å²) in [6.07, 6.45) is 4.71. The van der Waals surface area contributed by atoms with E-state index in [2.05, 4.69) is 45.6 Å². The molecule has 0 spiro atoms. The molecule has 0 radical (unpaired) electrons. The molecule has 1 amide bonds. The largest absolute Gasteiger partial charge is 0.443 e. The number of nitrogens with one attached hydrogen (secondary N) is 2. The van der Waals surface area contributed by atoms with Crippen LogP contribution >= 0.6 is 0 Å². The molecule has 3 aromatic heterocycles. The molecule has 0 fully saturated rings. The van der Waals surface area contributed by atoms with Crippen LogP contribution in [0.25, 0.3) is 22.4 Å². The molecule has 0 unspecified atom stereocenters. The van der Waals surface area contributed by atoms with E-state index < -0.39 is 19.8 Å². The number of amides is 1. The summed E-state index contributed by atoms with van der Waals surface area (Å²) in [4.78, 5) is 21.0. The van der Waals surface area contributed by atoms with Crippen LogP contribution in [0, 0.1) is 0 Å². The first-order valence-corrected chi connectivity index (χ1v) is 14.3. The van der Waals surface area contributed by atoms with Crippen LogP contribution in [0.4, 0.5) is 10.6 Å². The molecule has 0 bridgehead atoms. The number of hydrazine groups is 1. The normalized spacial score (nSPS) is 12.2. The van der Waals surface area contributed by atoms with Crippen molar-refractivity contribution in [3.05, 3.63) is 24.7 Å². The number of aromatic nitrogens is 5. The van der Waals surface area contributed by atoms with Crippen LogP contribution < -0.4 is 10.9 Å². The SMILES string of the molecule is Cn1cc(-c2cc3nc(NNC(=O)OC(C)(C)C)cnc3n2COCC[Si](C)(C)C)cn1. The second-order valence-electron chi connectivity index (χ2n) is 9.92. The molecule has 10 nitrogen and oxygen atoms in total. The van der Waals surface area contributed by atoms with Gasteiger partial charge in [-0.15, -0.1) is 0 Å². The van der Waals surface area contributed by atoms with Gasteiger partial charge in [0.2, 0.25) is 0 Å². The Hall–Kier alpha value is -2.92. The average molecular weight is 460 g/mol. The number of fused-ring (bicyclic) bond motifs is 1. The van der Waals surface area contributed by atoms with Gasteiger partial charge in [-0.05, 0) is 32.9 Å². The summed E-state index contributed by atoms with van der Waals surface area (Å²) in [6, 6.07) is 3.03. The fourth-order valence-corrected chi connectivity index (χ4v) is 3.72. The molecule has 174 valence electrons. The van der Waals surface area contributed by atoms with E-state index in [-0.39, 0.29) is 0 Å². The second-order valence-corrected chi connectivity index (χ2v) is 15.5. The number of aryl methyl sites for hydroxylation is 1. The minimum absolute atomic E-state index is 0.371. The van der Waals surface area contributed by atoms with Gasteiger partial charge in [0.05, 0.1) is 18.1 Å². The monoisotopic (exact) mass is 459 g/mol. The van der Waals surface area contributed by atoms with E-state index in [1.54, 1.807) is 37.8 Å². The summed E-state index contributed by atoms with van der Waals surface area (Å²) in [6.45, 7) is 13.5. The highest BCUT2D eigenvalue weighted by Crippen LogP contribution is 2.27. The summed E-state index contributed by atoms with van der Waals surface area (Å²) < 4.78 is 15.0. The Balaban J connectivity index is 1.81. The Morgan fingerprint density at radius 3 is 2.59 bits per heavy atom. The molecule has 0 aliphatic heterocycles. The lowest BCUT2D eigenvalue weighted by molar-refractivity contribution is 0.0541. The van der Waals surface area contributed by atoms with Crippen LogP contribution in [0.3, 0.4) is 0 Å². The molecule has 0 aromatic carbocycles.